The highest BCUT2D eigenvalue weighted by Gasteiger charge is 2.41. The van der Waals surface area contributed by atoms with Crippen molar-refractivity contribution >= 4 is 11.9 Å². The average Bonchev–Trinajstić information content (AvgIpc) is 2.54. The van der Waals surface area contributed by atoms with Gasteiger partial charge in [-0.2, -0.15) is 0 Å². The highest BCUT2D eigenvalue weighted by Crippen LogP contribution is 2.35. The number of carbonyl (C=O) groups is 2. The van der Waals surface area contributed by atoms with Crippen LogP contribution in [0.5, 0.6) is 0 Å². The summed E-state index contributed by atoms with van der Waals surface area (Å²) in [4.78, 5) is 23.6. The van der Waals surface area contributed by atoms with Crippen LogP contribution in [0.2, 0.25) is 0 Å². The lowest BCUT2D eigenvalue weighted by molar-refractivity contribution is -0.138. The van der Waals surface area contributed by atoms with Crippen molar-refractivity contribution in [1.82, 2.24) is 5.32 Å². The molecule has 0 radical (unpaired) electrons. The maximum Gasteiger partial charge on any atom is 0.303 e. The first-order chi connectivity index (χ1) is 10.9. The smallest absolute Gasteiger partial charge is 0.303 e. The molecule has 126 valence electrons. The monoisotopic (exact) mass is 319 g/mol. The minimum Gasteiger partial charge on any atom is -0.481 e. The molecule has 1 aromatic rings. The van der Waals surface area contributed by atoms with Crippen LogP contribution in [0, 0.1) is 6.92 Å². The van der Waals surface area contributed by atoms with Crippen molar-refractivity contribution in [3.05, 3.63) is 35.4 Å². The number of carboxylic acid groups (broad SMARTS) is 1. The maximum absolute atomic E-state index is 12.9. The number of aliphatic carboxylic acids is 1. The van der Waals surface area contributed by atoms with Crippen molar-refractivity contribution in [2.45, 2.75) is 51.0 Å². The predicted molar refractivity (Wildman–Crippen MR) is 87.4 cm³/mol. The number of carboxylic acids is 1. The van der Waals surface area contributed by atoms with Crippen molar-refractivity contribution < 1.29 is 19.4 Å². The van der Waals surface area contributed by atoms with Gasteiger partial charge < -0.3 is 15.2 Å². The quantitative estimate of drug-likeness (QED) is 0.844. The van der Waals surface area contributed by atoms with Crippen LogP contribution in [-0.2, 0) is 19.7 Å². The summed E-state index contributed by atoms with van der Waals surface area (Å²) in [6.45, 7) is 4.99. The molecule has 1 aromatic carbocycles. The van der Waals surface area contributed by atoms with Gasteiger partial charge in [-0.05, 0) is 38.7 Å². The lowest BCUT2D eigenvalue weighted by Gasteiger charge is -2.37. The van der Waals surface area contributed by atoms with Gasteiger partial charge in [0.05, 0.1) is 5.41 Å². The third kappa shape index (κ3) is 4.32. The van der Waals surface area contributed by atoms with Gasteiger partial charge in [0.2, 0.25) is 5.91 Å². The first-order valence-electron chi connectivity index (χ1n) is 8.12. The number of nitrogens with one attached hydrogen (secondary N) is 1. The van der Waals surface area contributed by atoms with Crippen LogP contribution in [0.3, 0.4) is 0 Å². The minimum absolute atomic E-state index is 0.0254. The van der Waals surface area contributed by atoms with Gasteiger partial charge in [0.15, 0.2) is 0 Å². The maximum atomic E-state index is 12.9. The lowest BCUT2D eigenvalue weighted by Crippen LogP contribution is -2.50. The van der Waals surface area contributed by atoms with Crippen LogP contribution >= 0.6 is 0 Å². The van der Waals surface area contributed by atoms with E-state index in [0.29, 0.717) is 32.5 Å². The number of aryl methyl sites for hydroxylation is 1. The molecule has 2 N–H and O–H groups in total. The molecule has 1 aliphatic heterocycles. The molecule has 2 rings (SSSR count). The van der Waals surface area contributed by atoms with Crippen molar-refractivity contribution in [3.63, 3.8) is 0 Å². The van der Waals surface area contributed by atoms with Gasteiger partial charge in [0, 0.05) is 25.7 Å². The second-order valence-corrected chi connectivity index (χ2v) is 6.37. The van der Waals surface area contributed by atoms with Gasteiger partial charge in [0.25, 0.3) is 0 Å². The molecule has 0 spiro atoms. The third-order valence-electron chi connectivity index (χ3n) is 4.55. The Morgan fingerprint density at radius 2 is 1.87 bits per heavy atom. The lowest BCUT2D eigenvalue weighted by atomic mass is 9.73. The Hall–Kier alpha value is -1.88. The van der Waals surface area contributed by atoms with Gasteiger partial charge >= 0.3 is 5.97 Å². The van der Waals surface area contributed by atoms with Crippen molar-refractivity contribution in [1.29, 1.82) is 0 Å². The van der Waals surface area contributed by atoms with Gasteiger partial charge in [-0.15, -0.1) is 0 Å². The number of benzene rings is 1. The summed E-state index contributed by atoms with van der Waals surface area (Å²) in [7, 11) is 0. The van der Waals surface area contributed by atoms with E-state index in [1.807, 2.05) is 38.1 Å². The molecule has 1 aliphatic rings. The summed E-state index contributed by atoms with van der Waals surface area (Å²) >= 11 is 0. The first kappa shape index (κ1) is 17.5. The normalized spacial score (nSPS) is 18.2. The van der Waals surface area contributed by atoms with Crippen molar-refractivity contribution in [3.8, 4) is 0 Å². The Kier molecular flexibility index (Phi) is 5.77. The molecule has 5 heteroatoms. The Labute approximate surface area is 137 Å². The number of hydrogen-bond donors (Lipinski definition) is 2. The number of rotatable bonds is 6. The number of ether oxygens (including phenoxy) is 1. The van der Waals surface area contributed by atoms with E-state index in [1.165, 1.54) is 0 Å². The molecule has 1 fully saturated rings. The van der Waals surface area contributed by atoms with Crippen LogP contribution in [0.4, 0.5) is 0 Å². The fourth-order valence-corrected chi connectivity index (χ4v) is 3.01. The van der Waals surface area contributed by atoms with E-state index in [1.54, 1.807) is 0 Å². The molecule has 23 heavy (non-hydrogen) atoms. The van der Waals surface area contributed by atoms with Crippen molar-refractivity contribution in [2.75, 3.05) is 13.2 Å². The summed E-state index contributed by atoms with van der Waals surface area (Å²) < 4.78 is 5.45. The number of carbonyl (C=O) groups excluding carboxylic acids is 1. The molecule has 1 amide bonds. The zero-order valence-electron chi connectivity index (χ0n) is 13.8. The summed E-state index contributed by atoms with van der Waals surface area (Å²) in [5.74, 6) is -0.868. The molecule has 1 heterocycles. The van der Waals surface area contributed by atoms with E-state index >= 15 is 0 Å². The van der Waals surface area contributed by atoms with E-state index in [4.69, 9.17) is 9.84 Å². The summed E-state index contributed by atoms with van der Waals surface area (Å²) in [6.07, 6.45) is 1.78. The largest absolute Gasteiger partial charge is 0.481 e. The zero-order valence-corrected chi connectivity index (χ0v) is 13.8. The summed E-state index contributed by atoms with van der Waals surface area (Å²) in [5.41, 5.74) is 1.59. The van der Waals surface area contributed by atoms with E-state index in [0.717, 1.165) is 11.1 Å². The Morgan fingerprint density at radius 1 is 1.26 bits per heavy atom. The van der Waals surface area contributed by atoms with Gasteiger partial charge in [-0.1, -0.05) is 29.8 Å². The molecule has 5 nitrogen and oxygen atoms in total. The van der Waals surface area contributed by atoms with Gasteiger partial charge in [-0.25, -0.2) is 0 Å². The fourth-order valence-electron chi connectivity index (χ4n) is 3.01. The highest BCUT2D eigenvalue weighted by atomic mass is 16.5. The van der Waals surface area contributed by atoms with E-state index in [2.05, 4.69) is 5.32 Å². The molecule has 0 aliphatic carbocycles. The van der Waals surface area contributed by atoms with E-state index in [-0.39, 0.29) is 18.4 Å². The molecule has 1 atom stereocenters. The summed E-state index contributed by atoms with van der Waals surface area (Å²) in [6, 6.07) is 7.91. The van der Waals surface area contributed by atoms with E-state index < -0.39 is 11.4 Å². The topological polar surface area (TPSA) is 75.6 Å². The van der Waals surface area contributed by atoms with Gasteiger partial charge in [-0.3, -0.25) is 9.59 Å². The molecule has 0 aromatic heterocycles. The number of hydrogen-bond acceptors (Lipinski definition) is 3. The Morgan fingerprint density at radius 3 is 2.43 bits per heavy atom. The fraction of sp³-hybridized carbons (Fsp3) is 0.556. The first-order valence-corrected chi connectivity index (χ1v) is 8.12. The van der Waals surface area contributed by atoms with Crippen LogP contribution in [0.1, 0.15) is 43.7 Å². The Balaban J connectivity index is 2.15. The van der Waals surface area contributed by atoms with Crippen molar-refractivity contribution in [2.24, 2.45) is 0 Å². The molecule has 0 bridgehead atoms. The second-order valence-electron chi connectivity index (χ2n) is 6.37. The number of amides is 1. The highest BCUT2D eigenvalue weighted by molar-refractivity contribution is 5.88. The zero-order chi connectivity index (χ0) is 16.9. The standard InChI is InChI=1S/C18H25NO4/c1-13-3-6-15(7-4-13)18(9-11-23-12-10-18)17(22)19-14(2)5-8-16(20)21/h3-4,6-7,14H,5,8-12H2,1-2H3,(H,19,22)(H,20,21). The SMILES string of the molecule is Cc1ccc(C2(C(=O)NC(C)CCC(=O)O)CCOCC2)cc1. The molecule has 0 saturated carbocycles. The van der Waals surface area contributed by atoms with Crippen LogP contribution < -0.4 is 5.32 Å². The van der Waals surface area contributed by atoms with Gasteiger partial charge in [0.1, 0.15) is 0 Å². The average molecular weight is 319 g/mol. The molecule has 1 saturated heterocycles. The molecular weight excluding hydrogens is 294 g/mol. The Bertz CT molecular complexity index is 547. The predicted octanol–water partition coefficient (Wildman–Crippen LogP) is 2.41. The van der Waals surface area contributed by atoms with Crippen LogP contribution in [0.15, 0.2) is 24.3 Å². The third-order valence-corrected chi connectivity index (χ3v) is 4.55. The van der Waals surface area contributed by atoms with Crippen LogP contribution in [0.25, 0.3) is 0 Å². The molecular formula is C18H25NO4. The summed E-state index contributed by atoms with van der Waals surface area (Å²) in [5, 5.41) is 11.8. The minimum atomic E-state index is -0.842. The van der Waals surface area contributed by atoms with E-state index in [9.17, 15) is 9.59 Å². The second kappa shape index (κ2) is 7.59. The van der Waals surface area contributed by atoms with Crippen LogP contribution in [-0.4, -0.2) is 36.2 Å². The molecule has 1 unspecified atom stereocenters.